The summed E-state index contributed by atoms with van der Waals surface area (Å²) in [7, 11) is 0. The first-order valence-corrected chi connectivity index (χ1v) is 6.34. The van der Waals surface area contributed by atoms with Crippen LogP contribution in [0.15, 0.2) is 30.3 Å². The van der Waals surface area contributed by atoms with Crippen molar-refractivity contribution in [2.24, 2.45) is 5.73 Å². The van der Waals surface area contributed by atoms with E-state index in [0.29, 0.717) is 11.5 Å². The molecule has 0 fully saturated rings. The van der Waals surface area contributed by atoms with E-state index in [2.05, 4.69) is 9.97 Å². The summed E-state index contributed by atoms with van der Waals surface area (Å²) in [5, 5.41) is 0. The molecule has 0 bridgehead atoms. The van der Waals surface area contributed by atoms with Crippen molar-refractivity contribution >= 4 is 11.7 Å². The van der Waals surface area contributed by atoms with Gasteiger partial charge in [0.15, 0.2) is 0 Å². The molecule has 1 aromatic carbocycles. The number of nitrogens with zero attached hydrogens (tertiary/aromatic N) is 2. The average molecular weight is 270 g/mol. The number of benzene rings is 1. The number of nitrogens with two attached hydrogens (primary N) is 2. The van der Waals surface area contributed by atoms with Gasteiger partial charge in [0, 0.05) is 5.41 Å². The van der Waals surface area contributed by atoms with E-state index in [-0.39, 0.29) is 11.4 Å². The van der Waals surface area contributed by atoms with Crippen molar-refractivity contribution in [3.8, 4) is 0 Å². The molecule has 1 aromatic heterocycles. The fourth-order valence-corrected chi connectivity index (χ4v) is 2.16. The summed E-state index contributed by atoms with van der Waals surface area (Å²) in [5.41, 5.74) is 12.5. The Labute approximate surface area is 118 Å². The second kappa shape index (κ2) is 4.92. The molecule has 1 amide bonds. The average Bonchev–Trinajstić information content (AvgIpc) is 2.38. The maximum atomic E-state index is 11.3. The van der Waals surface area contributed by atoms with Crippen molar-refractivity contribution in [3.05, 3.63) is 53.0 Å². The van der Waals surface area contributed by atoms with Crippen LogP contribution in [-0.2, 0) is 5.41 Å². The number of amides is 1. The van der Waals surface area contributed by atoms with E-state index in [1.165, 1.54) is 0 Å². The normalized spacial score (nSPS) is 11.3. The Morgan fingerprint density at radius 1 is 1.15 bits per heavy atom. The van der Waals surface area contributed by atoms with E-state index < -0.39 is 11.3 Å². The first kappa shape index (κ1) is 14.0. The highest BCUT2D eigenvalue weighted by Gasteiger charge is 2.28. The third-order valence-electron chi connectivity index (χ3n) is 3.42. The van der Waals surface area contributed by atoms with Crippen molar-refractivity contribution in [2.45, 2.75) is 26.2 Å². The third-order valence-corrected chi connectivity index (χ3v) is 3.42. The zero-order valence-electron chi connectivity index (χ0n) is 11.8. The van der Waals surface area contributed by atoms with Gasteiger partial charge in [0.25, 0.3) is 5.91 Å². The predicted molar refractivity (Wildman–Crippen MR) is 78.3 cm³/mol. The fraction of sp³-hybridized carbons (Fsp3) is 0.267. The highest BCUT2D eigenvalue weighted by molar-refractivity contribution is 5.98. The number of hydrogen-bond donors (Lipinski definition) is 2. The second-order valence-corrected chi connectivity index (χ2v) is 5.25. The van der Waals surface area contributed by atoms with Gasteiger partial charge in [0.2, 0.25) is 0 Å². The van der Waals surface area contributed by atoms with Gasteiger partial charge in [-0.25, -0.2) is 9.97 Å². The van der Waals surface area contributed by atoms with Crippen LogP contribution >= 0.6 is 0 Å². The molecule has 0 spiro atoms. The molecule has 0 atom stereocenters. The lowest BCUT2D eigenvalue weighted by molar-refractivity contribution is 0.0999. The maximum absolute atomic E-state index is 11.3. The molecule has 2 aromatic rings. The smallest absolute Gasteiger partial charge is 0.254 e. The highest BCUT2D eigenvalue weighted by Crippen LogP contribution is 2.30. The van der Waals surface area contributed by atoms with Gasteiger partial charge in [-0.15, -0.1) is 0 Å². The number of nitrogen functional groups attached to an aromatic ring is 1. The first-order chi connectivity index (χ1) is 9.34. The van der Waals surface area contributed by atoms with Crippen LogP contribution in [-0.4, -0.2) is 15.9 Å². The Kier molecular flexibility index (Phi) is 3.44. The van der Waals surface area contributed by atoms with E-state index in [9.17, 15) is 4.79 Å². The Morgan fingerprint density at radius 2 is 1.75 bits per heavy atom. The van der Waals surface area contributed by atoms with Crippen molar-refractivity contribution in [1.29, 1.82) is 0 Å². The topological polar surface area (TPSA) is 94.9 Å². The molecule has 0 aliphatic heterocycles. The van der Waals surface area contributed by atoms with E-state index in [4.69, 9.17) is 11.5 Å². The molecule has 104 valence electrons. The van der Waals surface area contributed by atoms with Crippen molar-refractivity contribution < 1.29 is 4.79 Å². The molecule has 2 rings (SSSR count). The molecule has 5 nitrogen and oxygen atoms in total. The van der Waals surface area contributed by atoms with Crippen LogP contribution in [0.5, 0.6) is 0 Å². The van der Waals surface area contributed by atoms with Crippen LogP contribution in [0.25, 0.3) is 0 Å². The monoisotopic (exact) mass is 270 g/mol. The van der Waals surface area contributed by atoms with E-state index >= 15 is 0 Å². The molecule has 0 unspecified atom stereocenters. The van der Waals surface area contributed by atoms with Gasteiger partial charge < -0.3 is 11.5 Å². The minimum absolute atomic E-state index is 0.129. The van der Waals surface area contributed by atoms with Crippen LogP contribution in [0.2, 0.25) is 0 Å². The SMILES string of the molecule is Cc1nc(C(C)(C)c2ccccc2)nc(N)c1C(N)=O. The minimum Gasteiger partial charge on any atom is -0.383 e. The molecule has 0 radical (unpaired) electrons. The van der Waals surface area contributed by atoms with E-state index in [1.54, 1.807) is 6.92 Å². The van der Waals surface area contributed by atoms with Crippen molar-refractivity contribution in [1.82, 2.24) is 9.97 Å². The first-order valence-electron chi connectivity index (χ1n) is 6.34. The van der Waals surface area contributed by atoms with Crippen LogP contribution in [0.1, 0.15) is 41.3 Å². The number of anilines is 1. The number of hydrogen-bond acceptors (Lipinski definition) is 4. The Balaban J connectivity index is 2.57. The fourth-order valence-electron chi connectivity index (χ4n) is 2.16. The Morgan fingerprint density at radius 3 is 2.25 bits per heavy atom. The molecule has 5 heteroatoms. The van der Waals surface area contributed by atoms with Crippen LogP contribution < -0.4 is 11.5 Å². The highest BCUT2D eigenvalue weighted by atomic mass is 16.1. The molecule has 0 aliphatic rings. The Bertz CT molecular complexity index is 627. The molecular weight excluding hydrogens is 252 g/mol. The zero-order chi connectivity index (χ0) is 14.9. The van der Waals surface area contributed by atoms with E-state index in [1.807, 2.05) is 44.2 Å². The van der Waals surface area contributed by atoms with Gasteiger partial charge in [-0.05, 0) is 26.3 Å². The van der Waals surface area contributed by atoms with Gasteiger partial charge >= 0.3 is 0 Å². The molecule has 4 N–H and O–H groups in total. The standard InChI is InChI=1S/C15H18N4O/c1-9-11(13(17)20)12(16)19-14(18-9)15(2,3)10-7-5-4-6-8-10/h4-8H,1-3H3,(H2,17,20)(H2,16,18,19). The molecule has 0 saturated heterocycles. The number of primary amides is 1. The maximum Gasteiger partial charge on any atom is 0.254 e. The summed E-state index contributed by atoms with van der Waals surface area (Å²) >= 11 is 0. The van der Waals surface area contributed by atoms with Crippen LogP contribution in [0.3, 0.4) is 0 Å². The molecular formula is C15H18N4O. The van der Waals surface area contributed by atoms with Gasteiger partial charge in [-0.3, -0.25) is 4.79 Å². The lowest BCUT2D eigenvalue weighted by atomic mass is 9.83. The quantitative estimate of drug-likeness (QED) is 0.888. The second-order valence-electron chi connectivity index (χ2n) is 5.25. The minimum atomic E-state index is -0.607. The predicted octanol–water partition coefficient (Wildman–Crippen LogP) is 1.79. The summed E-state index contributed by atoms with van der Waals surface area (Å²) in [4.78, 5) is 20.0. The molecule has 20 heavy (non-hydrogen) atoms. The number of aryl methyl sites for hydroxylation is 1. The largest absolute Gasteiger partial charge is 0.383 e. The summed E-state index contributed by atoms with van der Waals surface area (Å²) < 4.78 is 0. The number of carbonyl (C=O) groups is 1. The van der Waals surface area contributed by atoms with Gasteiger partial charge in [0.1, 0.15) is 17.2 Å². The van der Waals surface area contributed by atoms with Crippen LogP contribution in [0, 0.1) is 6.92 Å². The zero-order valence-corrected chi connectivity index (χ0v) is 11.8. The Hall–Kier alpha value is -2.43. The lowest BCUT2D eigenvalue weighted by Crippen LogP contribution is -2.26. The van der Waals surface area contributed by atoms with Gasteiger partial charge in [-0.1, -0.05) is 30.3 Å². The van der Waals surface area contributed by atoms with Crippen molar-refractivity contribution in [3.63, 3.8) is 0 Å². The molecule has 1 heterocycles. The van der Waals surface area contributed by atoms with E-state index in [0.717, 1.165) is 5.56 Å². The number of aromatic nitrogens is 2. The lowest BCUT2D eigenvalue weighted by Gasteiger charge is -2.24. The molecule has 0 saturated carbocycles. The summed E-state index contributed by atoms with van der Waals surface area (Å²) in [5.74, 6) is 0.0942. The van der Waals surface area contributed by atoms with Crippen molar-refractivity contribution in [2.75, 3.05) is 5.73 Å². The summed E-state index contributed by atoms with van der Waals surface area (Å²) in [6, 6.07) is 9.90. The van der Waals surface area contributed by atoms with Gasteiger partial charge in [-0.2, -0.15) is 0 Å². The number of carbonyl (C=O) groups excluding carboxylic acids is 1. The summed E-state index contributed by atoms with van der Waals surface area (Å²) in [6.07, 6.45) is 0. The number of rotatable bonds is 3. The third kappa shape index (κ3) is 2.34. The van der Waals surface area contributed by atoms with Crippen LogP contribution in [0.4, 0.5) is 5.82 Å². The summed E-state index contributed by atoms with van der Waals surface area (Å²) in [6.45, 7) is 5.74. The van der Waals surface area contributed by atoms with Gasteiger partial charge in [0.05, 0.1) is 5.69 Å². The molecule has 0 aliphatic carbocycles.